The number of aromatic nitrogens is 2. The Kier molecular flexibility index (Phi) is 10.1. The van der Waals surface area contributed by atoms with Gasteiger partial charge in [0.05, 0.1) is 11.0 Å². The van der Waals surface area contributed by atoms with Crippen molar-refractivity contribution in [2.45, 2.75) is 78.7 Å². The van der Waals surface area contributed by atoms with Gasteiger partial charge in [-0.3, -0.25) is 9.59 Å². The van der Waals surface area contributed by atoms with Gasteiger partial charge in [-0.25, -0.2) is 4.98 Å². The normalized spacial score (nSPS) is 14.2. The molecule has 0 unspecified atom stereocenters. The van der Waals surface area contributed by atoms with E-state index in [4.69, 9.17) is 4.98 Å². The summed E-state index contributed by atoms with van der Waals surface area (Å²) < 4.78 is 2.28. The Balaban J connectivity index is 1.66. The topological polar surface area (TPSA) is 58.4 Å². The smallest absolute Gasteiger partial charge is 0.253 e. The molecule has 1 saturated heterocycles. The second kappa shape index (κ2) is 13.7. The van der Waals surface area contributed by atoms with Crippen LogP contribution in [0.2, 0.25) is 0 Å². The molecule has 38 heavy (non-hydrogen) atoms. The highest BCUT2D eigenvalue weighted by molar-refractivity contribution is 5.98. The molecule has 1 aliphatic rings. The van der Waals surface area contributed by atoms with E-state index in [1.807, 2.05) is 47.4 Å². The fraction of sp³-hybridized carbons (Fsp3) is 0.531. The maximum Gasteiger partial charge on any atom is 0.253 e. The van der Waals surface area contributed by atoms with Crippen LogP contribution in [0.4, 0.5) is 0 Å². The number of piperidine rings is 1. The van der Waals surface area contributed by atoms with Crippen LogP contribution in [0.1, 0.15) is 92.9 Å². The number of aryl methyl sites for hydroxylation is 1. The molecule has 1 amide bonds. The van der Waals surface area contributed by atoms with Crippen molar-refractivity contribution in [3.63, 3.8) is 0 Å². The summed E-state index contributed by atoms with van der Waals surface area (Å²) in [5.74, 6) is 1.07. The zero-order valence-electron chi connectivity index (χ0n) is 23.5. The Bertz CT molecular complexity index is 1200. The second-order valence-electron chi connectivity index (χ2n) is 10.7. The number of ketones is 1. The largest absolute Gasteiger partial charge is 0.339 e. The van der Waals surface area contributed by atoms with Gasteiger partial charge in [0.15, 0.2) is 5.78 Å². The minimum Gasteiger partial charge on any atom is -0.339 e. The van der Waals surface area contributed by atoms with Crippen LogP contribution < -0.4 is 0 Å². The molecule has 1 fully saturated rings. The molecule has 0 spiro atoms. The van der Waals surface area contributed by atoms with Crippen molar-refractivity contribution >= 4 is 22.7 Å². The van der Waals surface area contributed by atoms with Crippen molar-refractivity contribution in [1.29, 1.82) is 0 Å². The van der Waals surface area contributed by atoms with Gasteiger partial charge in [0.25, 0.3) is 5.91 Å². The average Bonchev–Trinajstić information content (AvgIpc) is 3.31. The quantitative estimate of drug-likeness (QED) is 0.234. The number of hydrogen-bond acceptors (Lipinski definition) is 4. The molecule has 204 valence electrons. The van der Waals surface area contributed by atoms with Crippen molar-refractivity contribution in [3.05, 3.63) is 53.6 Å². The zero-order valence-corrected chi connectivity index (χ0v) is 23.5. The standard InChI is InChI=1S/C32H44N4O2/c1-4-6-21-35(22-7-5-2)32(38)28-16-17-29-30(24-28)36(23-11-20-34-18-9-8-10-19-34)31(33-29)27-14-12-26(13-15-27)25(3)37/h12-17,24H,4-11,18-23H2,1-3H3. The van der Waals surface area contributed by atoms with Crippen molar-refractivity contribution in [2.24, 2.45) is 0 Å². The van der Waals surface area contributed by atoms with Gasteiger partial charge in [0.2, 0.25) is 0 Å². The number of benzene rings is 2. The van der Waals surface area contributed by atoms with Crippen molar-refractivity contribution in [3.8, 4) is 11.4 Å². The molecular weight excluding hydrogens is 472 g/mol. The number of hydrogen-bond donors (Lipinski definition) is 0. The summed E-state index contributed by atoms with van der Waals surface area (Å²) in [5.41, 5.74) is 4.34. The maximum absolute atomic E-state index is 13.6. The molecule has 0 bridgehead atoms. The summed E-state index contributed by atoms with van der Waals surface area (Å²) in [7, 11) is 0. The molecule has 0 atom stereocenters. The van der Waals surface area contributed by atoms with Crippen LogP contribution in [-0.2, 0) is 6.54 Å². The van der Waals surface area contributed by atoms with Crippen LogP contribution >= 0.6 is 0 Å². The Morgan fingerprint density at radius 1 is 0.842 bits per heavy atom. The number of rotatable bonds is 13. The molecule has 4 rings (SSSR count). The van der Waals surface area contributed by atoms with Crippen LogP contribution in [0.5, 0.6) is 0 Å². The van der Waals surface area contributed by atoms with E-state index in [9.17, 15) is 9.59 Å². The Labute approximate surface area is 228 Å². The van der Waals surface area contributed by atoms with Crippen LogP contribution in [-0.4, -0.2) is 63.8 Å². The fourth-order valence-electron chi connectivity index (χ4n) is 5.39. The van der Waals surface area contributed by atoms with E-state index in [1.165, 1.54) is 32.4 Å². The van der Waals surface area contributed by atoms with Gasteiger partial charge < -0.3 is 14.4 Å². The number of imidazole rings is 1. The first kappa shape index (κ1) is 28.0. The van der Waals surface area contributed by atoms with Gasteiger partial charge in [0.1, 0.15) is 5.82 Å². The van der Waals surface area contributed by atoms with Gasteiger partial charge >= 0.3 is 0 Å². The van der Waals surface area contributed by atoms with E-state index in [1.54, 1.807) is 6.92 Å². The van der Waals surface area contributed by atoms with Gasteiger partial charge in [-0.1, -0.05) is 57.4 Å². The highest BCUT2D eigenvalue weighted by atomic mass is 16.2. The summed E-state index contributed by atoms with van der Waals surface area (Å²) in [5, 5.41) is 0. The molecule has 1 aliphatic heterocycles. The van der Waals surface area contributed by atoms with Gasteiger partial charge in [-0.15, -0.1) is 0 Å². The Morgan fingerprint density at radius 2 is 1.50 bits per heavy atom. The van der Waals surface area contributed by atoms with Crippen LogP contribution in [0.3, 0.4) is 0 Å². The highest BCUT2D eigenvalue weighted by Crippen LogP contribution is 2.27. The molecular formula is C32H44N4O2. The maximum atomic E-state index is 13.6. The Hall–Kier alpha value is -2.99. The molecule has 2 aromatic carbocycles. The second-order valence-corrected chi connectivity index (χ2v) is 10.7. The third-order valence-corrected chi connectivity index (χ3v) is 7.70. The van der Waals surface area contributed by atoms with E-state index in [-0.39, 0.29) is 11.7 Å². The summed E-state index contributed by atoms with van der Waals surface area (Å²) in [6, 6.07) is 13.7. The summed E-state index contributed by atoms with van der Waals surface area (Å²) in [6.45, 7) is 11.8. The minimum absolute atomic E-state index is 0.0606. The molecule has 0 saturated carbocycles. The molecule has 0 radical (unpaired) electrons. The zero-order chi connectivity index (χ0) is 26.9. The highest BCUT2D eigenvalue weighted by Gasteiger charge is 2.19. The molecule has 6 nitrogen and oxygen atoms in total. The number of nitrogens with zero attached hydrogens (tertiary/aromatic N) is 4. The summed E-state index contributed by atoms with van der Waals surface area (Å²) in [6.07, 6.45) is 9.14. The molecule has 0 aliphatic carbocycles. The first-order valence-corrected chi connectivity index (χ1v) is 14.6. The number of unbranched alkanes of at least 4 members (excludes halogenated alkanes) is 2. The number of likely N-dealkylation sites (tertiary alicyclic amines) is 1. The molecule has 1 aromatic heterocycles. The lowest BCUT2D eigenvalue weighted by molar-refractivity contribution is 0.0751. The van der Waals surface area contributed by atoms with Gasteiger partial charge in [0, 0.05) is 36.3 Å². The fourth-order valence-corrected chi connectivity index (χ4v) is 5.39. The first-order chi connectivity index (χ1) is 18.5. The number of Topliss-reactive ketones (excluding diaryl/α,β-unsaturated/α-hetero) is 1. The lowest BCUT2D eigenvalue weighted by Crippen LogP contribution is -2.33. The predicted octanol–water partition coefficient (Wildman–Crippen LogP) is 6.82. The molecule has 6 heteroatoms. The third kappa shape index (κ3) is 6.90. The monoisotopic (exact) mass is 516 g/mol. The number of amides is 1. The SMILES string of the molecule is CCCCN(CCCC)C(=O)c1ccc2nc(-c3ccc(C(C)=O)cc3)n(CCCN3CCCCC3)c2c1. The van der Waals surface area contributed by atoms with Crippen LogP contribution in [0.15, 0.2) is 42.5 Å². The third-order valence-electron chi connectivity index (χ3n) is 7.70. The lowest BCUT2D eigenvalue weighted by atomic mass is 10.1. The van der Waals surface area contributed by atoms with E-state index in [0.717, 1.165) is 86.3 Å². The molecule has 0 N–H and O–H groups in total. The van der Waals surface area contributed by atoms with E-state index >= 15 is 0 Å². The van der Waals surface area contributed by atoms with Crippen LogP contribution in [0, 0.1) is 0 Å². The first-order valence-electron chi connectivity index (χ1n) is 14.6. The van der Waals surface area contributed by atoms with E-state index < -0.39 is 0 Å². The minimum atomic E-state index is 0.0606. The number of carbonyl (C=O) groups is 2. The average molecular weight is 517 g/mol. The van der Waals surface area contributed by atoms with Crippen LogP contribution in [0.25, 0.3) is 22.4 Å². The summed E-state index contributed by atoms with van der Waals surface area (Å²) in [4.78, 5) is 35.0. The lowest BCUT2D eigenvalue weighted by Gasteiger charge is -2.26. The van der Waals surface area contributed by atoms with Crippen molar-refractivity contribution < 1.29 is 9.59 Å². The van der Waals surface area contributed by atoms with E-state index in [0.29, 0.717) is 5.56 Å². The van der Waals surface area contributed by atoms with E-state index in [2.05, 4.69) is 23.3 Å². The number of carbonyl (C=O) groups excluding carboxylic acids is 2. The molecule has 2 heterocycles. The van der Waals surface area contributed by atoms with Gasteiger partial charge in [-0.2, -0.15) is 0 Å². The van der Waals surface area contributed by atoms with Crippen molar-refractivity contribution in [1.82, 2.24) is 19.4 Å². The number of fused-ring (bicyclic) bond motifs is 1. The Morgan fingerprint density at radius 3 is 2.13 bits per heavy atom. The van der Waals surface area contributed by atoms with Crippen molar-refractivity contribution in [2.75, 3.05) is 32.7 Å². The predicted molar refractivity (Wildman–Crippen MR) is 156 cm³/mol. The van der Waals surface area contributed by atoms with Gasteiger partial charge in [-0.05, 0) is 76.9 Å². The molecule has 3 aromatic rings. The summed E-state index contributed by atoms with van der Waals surface area (Å²) >= 11 is 0.